The number of rotatable bonds is 10. The largest absolute Gasteiger partial charge is 0.465 e. The third-order valence-corrected chi connectivity index (χ3v) is 4.15. The van der Waals surface area contributed by atoms with E-state index in [-0.39, 0.29) is 30.4 Å². The number of ether oxygens (including phenoxy) is 3. The smallest absolute Gasteiger partial charge is 0.309 e. The molecule has 0 N–H and O–H groups in total. The van der Waals surface area contributed by atoms with Crippen LogP contribution in [-0.2, 0) is 23.8 Å². The molecule has 1 aliphatic rings. The van der Waals surface area contributed by atoms with E-state index in [2.05, 4.69) is 6.92 Å². The molecule has 0 heterocycles. The molecule has 2 atom stereocenters. The summed E-state index contributed by atoms with van der Waals surface area (Å²) in [7, 11) is 1.56. The Kier molecular flexibility index (Phi) is 9.87. The van der Waals surface area contributed by atoms with Crippen LogP contribution in [0.2, 0.25) is 0 Å². The van der Waals surface area contributed by atoms with Crippen LogP contribution in [-0.4, -0.2) is 38.9 Å². The summed E-state index contributed by atoms with van der Waals surface area (Å²) in [6.45, 7) is 3.23. The molecular formula is C17H30O5. The molecule has 22 heavy (non-hydrogen) atoms. The lowest BCUT2D eigenvalue weighted by molar-refractivity contribution is -0.163. The van der Waals surface area contributed by atoms with E-state index in [1.54, 1.807) is 7.11 Å². The standard InChI is InChI=1S/C17H30O5/c1-3-4-5-8-11-21-16(18)14-9-6-7-10-15(14)17(19)22-13-12-20-2/h14-15H,3-13H2,1-2H3. The van der Waals surface area contributed by atoms with Crippen LogP contribution < -0.4 is 0 Å². The van der Waals surface area contributed by atoms with Gasteiger partial charge in [0.15, 0.2) is 0 Å². The fourth-order valence-corrected chi connectivity index (χ4v) is 2.84. The van der Waals surface area contributed by atoms with E-state index in [1.807, 2.05) is 0 Å². The molecule has 0 amide bonds. The van der Waals surface area contributed by atoms with E-state index in [1.165, 1.54) is 0 Å². The first-order valence-corrected chi connectivity index (χ1v) is 8.53. The Hall–Kier alpha value is -1.10. The van der Waals surface area contributed by atoms with E-state index in [0.717, 1.165) is 44.9 Å². The molecule has 0 spiro atoms. The molecule has 5 heteroatoms. The first-order valence-electron chi connectivity index (χ1n) is 8.53. The van der Waals surface area contributed by atoms with Crippen LogP contribution in [0.4, 0.5) is 0 Å². The summed E-state index contributed by atoms with van der Waals surface area (Å²) in [6, 6.07) is 0. The van der Waals surface area contributed by atoms with Crippen molar-refractivity contribution >= 4 is 11.9 Å². The molecule has 1 rings (SSSR count). The van der Waals surface area contributed by atoms with Crippen LogP contribution in [0.25, 0.3) is 0 Å². The van der Waals surface area contributed by atoms with Crippen molar-refractivity contribution in [2.24, 2.45) is 11.8 Å². The van der Waals surface area contributed by atoms with Crippen LogP contribution in [0.5, 0.6) is 0 Å². The molecule has 0 aliphatic heterocycles. The van der Waals surface area contributed by atoms with Gasteiger partial charge in [-0.1, -0.05) is 39.0 Å². The summed E-state index contributed by atoms with van der Waals surface area (Å²) in [5.41, 5.74) is 0. The minimum atomic E-state index is -0.353. The van der Waals surface area contributed by atoms with Crippen molar-refractivity contribution in [1.29, 1.82) is 0 Å². The molecule has 128 valence electrons. The molecule has 0 radical (unpaired) electrons. The Balaban J connectivity index is 2.39. The average Bonchev–Trinajstić information content (AvgIpc) is 2.54. The normalized spacial score (nSPS) is 21.4. The highest BCUT2D eigenvalue weighted by molar-refractivity contribution is 5.82. The fourth-order valence-electron chi connectivity index (χ4n) is 2.84. The van der Waals surface area contributed by atoms with E-state index in [4.69, 9.17) is 14.2 Å². The van der Waals surface area contributed by atoms with Crippen LogP contribution in [0.1, 0.15) is 58.3 Å². The maximum atomic E-state index is 12.2. The lowest BCUT2D eigenvalue weighted by Gasteiger charge is -2.28. The predicted octanol–water partition coefficient (Wildman–Crippen LogP) is 3.11. The molecule has 1 saturated carbocycles. The minimum Gasteiger partial charge on any atom is -0.465 e. The first-order chi connectivity index (χ1) is 10.7. The van der Waals surface area contributed by atoms with Gasteiger partial charge in [0.2, 0.25) is 0 Å². The van der Waals surface area contributed by atoms with Gasteiger partial charge in [0.25, 0.3) is 0 Å². The topological polar surface area (TPSA) is 61.8 Å². The van der Waals surface area contributed by atoms with E-state index < -0.39 is 0 Å². The summed E-state index contributed by atoms with van der Waals surface area (Å²) >= 11 is 0. The SMILES string of the molecule is CCCCCCOC(=O)C1CCCCC1C(=O)OCCOC. The van der Waals surface area contributed by atoms with Gasteiger partial charge >= 0.3 is 11.9 Å². The van der Waals surface area contributed by atoms with Crippen LogP contribution >= 0.6 is 0 Å². The van der Waals surface area contributed by atoms with Gasteiger partial charge in [0, 0.05) is 7.11 Å². The number of hydrogen-bond donors (Lipinski definition) is 0. The third-order valence-electron chi connectivity index (χ3n) is 4.15. The second kappa shape index (κ2) is 11.5. The highest BCUT2D eigenvalue weighted by Gasteiger charge is 2.37. The van der Waals surface area contributed by atoms with Crippen LogP contribution in [0, 0.1) is 11.8 Å². The number of carbonyl (C=O) groups is 2. The summed E-state index contributed by atoms with van der Waals surface area (Å²) in [5, 5.41) is 0. The molecule has 2 unspecified atom stereocenters. The van der Waals surface area contributed by atoms with Crippen molar-refractivity contribution in [1.82, 2.24) is 0 Å². The molecule has 0 bridgehead atoms. The van der Waals surface area contributed by atoms with Crippen molar-refractivity contribution in [3.05, 3.63) is 0 Å². The summed E-state index contributed by atoms with van der Waals surface area (Å²) in [6.07, 6.45) is 7.66. The van der Waals surface area contributed by atoms with Gasteiger partial charge < -0.3 is 14.2 Å². The number of methoxy groups -OCH3 is 1. The summed E-state index contributed by atoms with van der Waals surface area (Å²) in [4.78, 5) is 24.3. The highest BCUT2D eigenvalue weighted by Crippen LogP contribution is 2.32. The molecule has 0 saturated heterocycles. The van der Waals surface area contributed by atoms with Gasteiger partial charge in [-0.2, -0.15) is 0 Å². The van der Waals surface area contributed by atoms with Gasteiger partial charge in [-0.25, -0.2) is 0 Å². The van der Waals surface area contributed by atoms with Gasteiger partial charge in [-0.15, -0.1) is 0 Å². The monoisotopic (exact) mass is 314 g/mol. The lowest BCUT2D eigenvalue weighted by atomic mass is 9.79. The molecule has 0 aromatic heterocycles. The zero-order valence-corrected chi connectivity index (χ0v) is 14.0. The second-order valence-electron chi connectivity index (χ2n) is 5.89. The van der Waals surface area contributed by atoms with Gasteiger partial charge in [0.05, 0.1) is 25.0 Å². The summed E-state index contributed by atoms with van der Waals surface area (Å²) < 4.78 is 15.4. The summed E-state index contributed by atoms with van der Waals surface area (Å²) in [5.74, 6) is -1.21. The second-order valence-corrected chi connectivity index (χ2v) is 5.89. The number of unbranched alkanes of at least 4 members (excludes halogenated alkanes) is 3. The number of esters is 2. The Morgan fingerprint density at radius 2 is 1.45 bits per heavy atom. The quantitative estimate of drug-likeness (QED) is 0.458. The number of hydrogen-bond acceptors (Lipinski definition) is 5. The van der Waals surface area contributed by atoms with Crippen molar-refractivity contribution in [2.75, 3.05) is 26.9 Å². The molecule has 0 aromatic rings. The maximum Gasteiger partial charge on any atom is 0.309 e. The Morgan fingerprint density at radius 1 is 0.864 bits per heavy atom. The van der Waals surface area contributed by atoms with Crippen LogP contribution in [0.3, 0.4) is 0 Å². The third kappa shape index (κ3) is 6.77. The lowest BCUT2D eigenvalue weighted by Crippen LogP contribution is -2.35. The Morgan fingerprint density at radius 3 is 2.00 bits per heavy atom. The van der Waals surface area contributed by atoms with E-state index in [9.17, 15) is 9.59 Å². The number of carbonyl (C=O) groups excluding carboxylic acids is 2. The Labute approximate surface area is 133 Å². The molecule has 5 nitrogen and oxygen atoms in total. The van der Waals surface area contributed by atoms with Gasteiger partial charge in [-0.05, 0) is 19.3 Å². The van der Waals surface area contributed by atoms with Crippen molar-refractivity contribution in [2.45, 2.75) is 58.3 Å². The molecule has 0 aromatic carbocycles. The average molecular weight is 314 g/mol. The van der Waals surface area contributed by atoms with Gasteiger partial charge in [0.1, 0.15) is 6.61 Å². The zero-order chi connectivity index (χ0) is 16.2. The zero-order valence-electron chi connectivity index (χ0n) is 14.0. The fraction of sp³-hybridized carbons (Fsp3) is 0.882. The van der Waals surface area contributed by atoms with Crippen molar-refractivity contribution < 1.29 is 23.8 Å². The highest BCUT2D eigenvalue weighted by atomic mass is 16.6. The predicted molar refractivity (Wildman–Crippen MR) is 83.4 cm³/mol. The Bertz CT molecular complexity index is 329. The first kappa shape index (κ1) is 18.9. The molecule has 1 aliphatic carbocycles. The van der Waals surface area contributed by atoms with E-state index >= 15 is 0 Å². The maximum absolute atomic E-state index is 12.2. The minimum absolute atomic E-state index is 0.232. The molecule has 1 fully saturated rings. The molecular weight excluding hydrogens is 284 g/mol. The van der Waals surface area contributed by atoms with Gasteiger partial charge in [-0.3, -0.25) is 9.59 Å². The van der Waals surface area contributed by atoms with Crippen LogP contribution in [0.15, 0.2) is 0 Å². The van der Waals surface area contributed by atoms with Crippen molar-refractivity contribution in [3.8, 4) is 0 Å². The van der Waals surface area contributed by atoms with E-state index in [0.29, 0.717) is 19.6 Å². The van der Waals surface area contributed by atoms with Crippen molar-refractivity contribution in [3.63, 3.8) is 0 Å².